The van der Waals surface area contributed by atoms with Gasteiger partial charge in [-0.05, 0) is 29.8 Å². The van der Waals surface area contributed by atoms with Gasteiger partial charge in [-0.25, -0.2) is 4.79 Å². The van der Waals surface area contributed by atoms with E-state index < -0.39 is 6.10 Å². The first-order valence-electron chi connectivity index (χ1n) is 9.41. The number of esters is 1. The molecule has 4 aliphatic heterocycles. The molecule has 2 atom stereocenters. The van der Waals surface area contributed by atoms with Crippen LogP contribution in [0.15, 0.2) is 24.3 Å². The van der Waals surface area contributed by atoms with Crippen LogP contribution in [0.5, 0.6) is 23.0 Å². The molecular formula is C21H20NO6+. The van der Waals surface area contributed by atoms with E-state index in [0.717, 1.165) is 35.6 Å². The van der Waals surface area contributed by atoms with Gasteiger partial charge in [0.2, 0.25) is 13.6 Å². The largest absolute Gasteiger partial charge is 0.454 e. The predicted molar refractivity (Wildman–Crippen MR) is 96.7 cm³/mol. The smallest absolute Gasteiger partial charge is 0.339 e. The number of likely N-dealkylation sites (N-methyl/N-ethyl adjacent to an activating group) is 1. The van der Waals surface area contributed by atoms with Gasteiger partial charge >= 0.3 is 5.97 Å². The lowest BCUT2D eigenvalue weighted by Crippen LogP contribution is -2.50. The van der Waals surface area contributed by atoms with E-state index in [1.54, 1.807) is 6.07 Å². The molecule has 6 rings (SSSR count). The van der Waals surface area contributed by atoms with Crippen molar-refractivity contribution in [2.24, 2.45) is 0 Å². The van der Waals surface area contributed by atoms with Crippen molar-refractivity contribution < 1.29 is 33.0 Å². The summed E-state index contributed by atoms with van der Waals surface area (Å²) in [5, 5.41) is 0. The average Bonchev–Trinajstić information content (AvgIpc) is 3.37. The molecule has 0 fully saturated rings. The number of carbonyl (C=O) groups excluding carboxylic acids is 1. The highest BCUT2D eigenvalue weighted by molar-refractivity contribution is 5.95. The summed E-state index contributed by atoms with van der Waals surface area (Å²) in [6, 6.07) is 7.71. The third-order valence-corrected chi connectivity index (χ3v) is 6.26. The molecule has 144 valence electrons. The van der Waals surface area contributed by atoms with E-state index in [4.69, 9.17) is 23.7 Å². The molecule has 0 saturated heterocycles. The highest BCUT2D eigenvalue weighted by Crippen LogP contribution is 2.52. The Balaban J connectivity index is 1.51. The summed E-state index contributed by atoms with van der Waals surface area (Å²) in [4.78, 5) is 12.7. The minimum absolute atomic E-state index is 0.0520. The van der Waals surface area contributed by atoms with Crippen LogP contribution in [0.3, 0.4) is 0 Å². The van der Waals surface area contributed by atoms with Gasteiger partial charge in [-0.3, -0.25) is 0 Å². The van der Waals surface area contributed by atoms with Gasteiger partial charge in [0, 0.05) is 17.5 Å². The Morgan fingerprint density at radius 2 is 1.46 bits per heavy atom. The lowest BCUT2D eigenvalue weighted by molar-refractivity contribution is -0.927. The maximum Gasteiger partial charge on any atom is 0.339 e. The van der Waals surface area contributed by atoms with E-state index in [-0.39, 0.29) is 25.6 Å². The molecule has 0 saturated carbocycles. The molecule has 28 heavy (non-hydrogen) atoms. The number of cyclic esters (lactones) is 1. The van der Waals surface area contributed by atoms with E-state index in [9.17, 15) is 4.79 Å². The topological polar surface area (TPSA) is 63.2 Å². The summed E-state index contributed by atoms with van der Waals surface area (Å²) >= 11 is 0. The zero-order chi connectivity index (χ0) is 19.0. The monoisotopic (exact) mass is 382 g/mol. The zero-order valence-corrected chi connectivity index (χ0v) is 15.7. The Bertz CT molecular complexity index is 1030. The van der Waals surface area contributed by atoms with Crippen LogP contribution in [0.4, 0.5) is 0 Å². The van der Waals surface area contributed by atoms with Crippen molar-refractivity contribution in [3.05, 3.63) is 46.5 Å². The summed E-state index contributed by atoms with van der Waals surface area (Å²) in [7, 11) is 4.36. The molecule has 0 aliphatic carbocycles. The molecule has 7 heteroatoms. The maximum absolute atomic E-state index is 12.7. The van der Waals surface area contributed by atoms with Crippen LogP contribution >= 0.6 is 0 Å². The highest BCUT2D eigenvalue weighted by atomic mass is 16.7. The van der Waals surface area contributed by atoms with E-state index in [2.05, 4.69) is 26.2 Å². The minimum Gasteiger partial charge on any atom is -0.454 e. The van der Waals surface area contributed by atoms with Crippen LogP contribution in [-0.2, 0) is 11.2 Å². The predicted octanol–water partition coefficient (Wildman–Crippen LogP) is 2.73. The molecule has 4 heterocycles. The van der Waals surface area contributed by atoms with Gasteiger partial charge in [-0.1, -0.05) is 0 Å². The fourth-order valence-electron chi connectivity index (χ4n) is 4.79. The number of nitrogens with zero attached hydrogens (tertiary/aromatic N) is 1. The number of quaternary nitrogens is 1. The molecule has 0 spiro atoms. The lowest BCUT2D eigenvalue weighted by Gasteiger charge is -2.44. The first kappa shape index (κ1) is 16.1. The summed E-state index contributed by atoms with van der Waals surface area (Å²) < 4.78 is 28.8. The molecule has 7 nitrogen and oxygen atoms in total. The number of hydrogen-bond donors (Lipinski definition) is 0. The van der Waals surface area contributed by atoms with Crippen molar-refractivity contribution in [1.29, 1.82) is 0 Å². The van der Waals surface area contributed by atoms with Crippen molar-refractivity contribution in [3.8, 4) is 23.0 Å². The lowest BCUT2D eigenvalue weighted by atomic mass is 9.84. The Kier molecular flexibility index (Phi) is 3.05. The summed E-state index contributed by atoms with van der Waals surface area (Å²) in [5.74, 6) is 2.48. The van der Waals surface area contributed by atoms with Gasteiger partial charge in [0.15, 0.2) is 35.1 Å². The molecule has 0 aromatic heterocycles. The van der Waals surface area contributed by atoms with Gasteiger partial charge < -0.3 is 28.2 Å². The Morgan fingerprint density at radius 3 is 2.18 bits per heavy atom. The number of fused-ring (bicyclic) bond motifs is 4. The molecule has 2 aromatic carbocycles. The fourth-order valence-corrected chi connectivity index (χ4v) is 4.79. The van der Waals surface area contributed by atoms with E-state index >= 15 is 0 Å². The Morgan fingerprint density at radius 1 is 0.857 bits per heavy atom. The fraction of sp³-hybridized carbons (Fsp3) is 0.381. The summed E-state index contributed by atoms with van der Waals surface area (Å²) in [6.07, 6.45) is 0.538. The average molecular weight is 382 g/mol. The van der Waals surface area contributed by atoms with E-state index in [0.29, 0.717) is 21.5 Å². The quantitative estimate of drug-likeness (QED) is 0.558. The van der Waals surface area contributed by atoms with Crippen LogP contribution in [0.1, 0.15) is 39.2 Å². The third kappa shape index (κ3) is 2.10. The molecule has 0 amide bonds. The third-order valence-electron chi connectivity index (χ3n) is 6.26. The number of ether oxygens (including phenoxy) is 5. The second-order valence-electron chi connectivity index (χ2n) is 8.22. The van der Waals surface area contributed by atoms with Crippen LogP contribution in [0.25, 0.3) is 0 Å². The van der Waals surface area contributed by atoms with Crippen LogP contribution in [0, 0.1) is 0 Å². The SMILES string of the molecule is C[N+]1(C)CCc2cc3c(cc2[C@H]1[C@@H]1OC(=O)c2cc4c(cc21)OCO4)OCO3. The molecule has 0 radical (unpaired) electrons. The van der Waals surface area contributed by atoms with Crippen LogP contribution in [0.2, 0.25) is 0 Å². The summed E-state index contributed by atoms with van der Waals surface area (Å²) in [6.45, 7) is 1.35. The first-order valence-corrected chi connectivity index (χ1v) is 9.41. The molecule has 0 N–H and O–H groups in total. The number of hydrogen-bond acceptors (Lipinski definition) is 6. The van der Waals surface area contributed by atoms with Crippen molar-refractivity contribution in [2.45, 2.75) is 18.6 Å². The van der Waals surface area contributed by atoms with Crippen LogP contribution in [-0.4, -0.2) is 44.7 Å². The minimum atomic E-state index is -0.397. The Labute approximate surface area is 161 Å². The maximum atomic E-state index is 12.7. The summed E-state index contributed by atoms with van der Waals surface area (Å²) in [5.41, 5.74) is 3.78. The number of benzene rings is 2. The highest BCUT2D eigenvalue weighted by Gasteiger charge is 2.49. The zero-order valence-electron chi connectivity index (χ0n) is 15.7. The second-order valence-corrected chi connectivity index (χ2v) is 8.22. The van der Waals surface area contributed by atoms with Crippen molar-refractivity contribution in [2.75, 3.05) is 34.2 Å². The molecular weight excluding hydrogens is 362 g/mol. The van der Waals surface area contributed by atoms with Crippen molar-refractivity contribution in [3.63, 3.8) is 0 Å². The molecule has 0 unspecified atom stereocenters. The van der Waals surface area contributed by atoms with E-state index in [1.807, 2.05) is 6.07 Å². The van der Waals surface area contributed by atoms with Crippen LogP contribution < -0.4 is 18.9 Å². The second kappa shape index (κ2) is 5.32. The van der Waals surface area contributed by atoms with Crippen molar-refractivity contribution in [1.82, 2.24) is 0 Å². The number of rotatable bonds is 1. The molecule has 0 bridgehead atoms. The van der Waals surface area contributed by atoms with Gasteiger partial charge in [0.05, 0.1) is 26.2 Å². The first-order chi connectivity index (χ1) is 13.5. The van der Waals surface area contributed by atoms with Gasteiger partial charge in [0.1, 0.15) is 0 Å². The normalized spacial score (nSPS) is 25.3. The number of carbonyl (C=O) groups is 1. The van der Waals surface area contributed by atoms with Gasteiger partial charge in [0.25, 0.3) is 0 Å². The Hall–Kier alpha value is -2.93. The van der Waals surface area contributed by atoms with E-state index in [1.165, 1.54) is 5.56 Å². The molecule has 4 aliphatic rings. The van der Waals surface area contributed by atoms with Crippen molar-refractivity contribution >= 4 is 5.97 Å². The van der Waals surface area contributed by atoms with Gasteiger partial charge in [-0.2, -0.15) is 0 Å². The van der Waals surface area contributed by atoms with Gasteiger partial charge in [-0.15, -0.1) is 0 Å². The standard InChI is InChI=1S/C21H20NO6/c1-22(2)4-3-11-5-15-16(25-9-24-15)6-12(11)19(22)20-13-7-17-18(27-10-26-17)8-14(13)21(23)28-20/h5-8,19-20H,3-4,9-10H2,1-2H3/q+1/t19-,20+/m0/s1. The molecule has 2 aromatic rings.